The van der Waals surface area contributed by atoms with Gasteiger partial charge in [-0.05, 0) is 29.7 Å². The molecule has 0 saturated heterocycles. The molecule has 32 heavy (non-hydrogen) atoms. The van der Waals surface area contributed by atoms with Gasteiger partial charge in [-0.25, -0.2) is 8.42 Å². The van der Waals surface area contributed by atoms with Gasteiger partial charge in [-0.1, -0.05) is 60.7 Å². The monoisotopic (exact) mass is 453 g/mol. The van der Waals surface area contributed by atoms with Crippen LogP contribution in [0.4, 0.5) is 11.4 Å². The van der Waals surface area contributed by atoms with Gasteiger partial charge in [0.05, 0.1) is 22.9 Å². The molecule has 0 aliphatic carbocycles. The molecule has 0 fully saturated rings. The third-order valence-corrected chi connectivity index (χ3v) is 6.09. The molecular weight excluding hydrogens is 430 g/mol. The van der Waals surface area contributed by atoms with Crippen molar-refractivity contribution < 1.29 is 18.1 Å². The minimum atomic E-state index is -3.88. The number of nitro benzene ring substituents is 1. The number of nitrogens with zero attached hydrogens (tertiary/aromatic N) is 2. The predicted molar refractivity (Wildman–Crippen MR) is 123 cm³/mol. The van der Waals surface area contributed by atoms with E-state index < -0.39 is 33.4 Å². The highest BCUT2D eigenvalue weighted by Crippen LogP contribution is 2.26. The first-order valence-electron chi connectivity index (χ1n) is 9.79. The summed E-state index contributed by atoms with van der Waals surface area (Å²) < 4.78 is 25.7. The molecule has 0 unspecified atom stereocenters. The minimum Gasteiger partial charge on any atom is -0.344 e. The first kappa shape index (κ1) is 23.0. The number of rotatable bonds is 8. The van der Waals surface area contributed by atoms with Crippen LogP contribution >= 0.6 is 0 Å². The second-order valence-corrected chi connectivity index (χ2v) is 9.22. The lowest BCUT2D eigenvalue weighted by molar-refractivity contribution is -0.384. The van der Waals surface area contributed by atoms with Gasteiger partial charge >= 0.3 is 0 Å². The summed E-state index contributed by atoms with van der Waals surface area (Å²) in [5.74, 6) is -0.543. The van der Waals surface area contributed by atoms with Crippen molar-refractivity contribution in [3.05, 3.63) is 106 Å². The Morgan fingerprint density at radius 1 is 1.03 bits per heavy atom. The number of anilines is 1. The molecule has 0 radical (unpaired) electrons. The third-order valence-electron chi connectivity index (χ3n) is 4.95. The van der Waals surface area contributed by atoms with Crippen molar-refractivity contribution in [1.29, 1.82) is 0 Å². The van der Waals surface area contributed by atoms with E-state index in [0.717, 1.165) is 33.3 Å². The van der Waals surface area contributed by atoms with Crippen molar-refractivity contribution in [2.75, 3.05) is 17.1 Å². The largest absolute Gasteiger partial charge is 0.344 e. The number of sulfonamides is 1. The van der Waals surface area contributed by atoms with Crippen LogP contribution in [0.3, 0.4) is 0 Å². The standard InChI is InChI=1S/C23H23N3O5S/c1-17-9-6-7-14-21(17)23(18-10-4-3-5-11-18)24-22(27)16-25(32(2,30)31)19-12-8-13-20(15-19)26(28)29/h3-15,23H,16H2,1-2H3,(H,24,27)/t23-/m0/s1. The first-order valence-corrected chi connectivity index (χ1v) is 11.6. The Morgan fingerprint density at radius 3 is 2.31 bits per heavy atom. The Bertz CT molecular complexity index is 1230. The lowest BCUT2D eigenvalue weighted by atomic mass is 9.95. The maximum atomic E-state index is 13.0. The average Bonchev–Trinajstić information content (AvgIpc) is 2.76. The van der Waals surface area contributed by atoms with Crippen molar-refractivity contribution in [3.63, 3.8) is 0 Å². The number of benzene rings is 3. The fourth-order valence-corrected chi connectivity index (χ4v) is 4.24. The highest BCUT2D eigenvalue weighted by molar-refractivity contribution is 7.92. The number of non-ortho nitro benzene ring substituents is 1. The third kappa shape index (κ3) is 5.50. The zero-order valence-electron chi connectivity index (χ0n) is 17.6. The molecule has 0 aromatic heterocycles. The number of carbonyl (C=O) groups is 1. The molecule has 0 saturated carbocycles. The van der Waals surface area contributed by atoms with Gasteiger partial charge in [0.2, 0.25) is 15.9 Å². The van der Waals surface area contributed by atoms with Crippen molar-refractivity contribution in [3.8, 4) is 0 Å². The van der Waals surface area contributed by atoms with E-state index in [1.54, 1.807) is 0 Å². The second-order valence-electron chi connectivity index (χ2n) is 7.31. The van der Waals surface area contributed by atoms with E-state index in [-0.39, 0.29) is 11.4 Å². The van der Waals surface area contributed by atoms with E-state index in [1.807, 2.05) is 61.5 Å². The average molecular weight is 454 g/mol. The van der Waals surface area contributed by atoms with E-state index in [4.69, 9.17) is 0 Å². The number of nitrogens with one attached hydrogen (secondary N) is 1. The molecule has 3 aromatic carbocycles. The Labute approximate surface area is 186 Å². The molecule has 1 N–H and O–H groups in total. The molecule has 1 atom stereocenters. The molecule has 0 heterocycles. The molecule has 166 valence electrons. The van der Waals surface area contributed by atoms with Crippen LogP contribution in [0.25, 0.3) is 0 Å². The summed E-state index contributed by atoms with van der Waals surface area (Å²) in [4.78, 5) is 23.5. The molecule has 0 spiro atoms. The molecule has 8 nitrogen and oxygen atoms in total. The van der Waals surface area contributed by atoms with Gasteiger partial charge in [-0.3, -0.25) is 19.2 Å². The summed E-state index contributed by atoms with van der Waals surface area (Å²) >= 11 is 0. The molecule has 9 heteroatoms. The highest BCUT2D eigenvalue weighted by Gasteiger charge is 2.25. The van der Waals surface area contributed by atoms with Crippen LogP contribution in [0.5, 0.6) is 0 Å². The fraction of sp³-hybridized carbons (Fsp3) is 0.174. The van der Waals surface area contributed by atoms with Crippen molar-refractivity contribution >= 4 is 27.3 Å². The van der Waals surface area contributed by atoms with Gasteiger partial charge in [0.15, 0.2) is 0 Å². The summed E-state index contributed by atoms with van der Waals surface area (Å²) in [5, 5.41) is 14.0. The predicted octanol–water partition coefficient (Wildman–Crippen LogP) is 3.58. The van der Waals surface area contributed by atoms with Gasteiger partial charge in [0.25, 0.3) is 5.69 Å². The summed E-state index contributed by atoms with van der Waals surface area (Å²) in [6.07, 6.45) is 0.954. The van der Waals surface area contributed by atoms with Gasteiger partial charge in [-0.15, -0.1) is 0 Å². The van der Waals surface area contributed by atoms with Crippen molar-refractivity contribution in [2.24, 2.45) is 0 Å². The maximum absolute atomic E-state index is 13.0. The highest BCUT2D eigenvalue weighted by atomic mass is 32.2. The van der Waals surface area contributed by atoms with Gasteiger partial charge < -0.3 is 5.32 Å². The van der Waals surface area contributed by atoms with Gasteiger partial charge in [0, 0.05) is 12.1 Å². The SMILES string of the molecule is Cc1ccccc1[C@@H](NC(=O)CN(c1cccc([N+](=O)[O-])c1)S(C)(=O)=O)c1ccccc1. The number of aryl methyl sites for hydroxylation is 1. The van der Waals surface area contributed by atoms with E-state index in [0.29, 0.717) is 0 Å². The molecular formula is C23H23N3O5S. The number of amides is 1. The van der Waals surface area contributed by atoms with Crippen LogP contribution < -0.4 is 9.62 Å². The number of nitro groups is 1. The van der Waals surface area contributed by atoms with Crippen LogP contribution in [0.2, 0.25) is 0 Å². The van der Waals surface area contributed by atoms with E-state index in [9.17, 15) is 23.3 Å². The van der Waals surface area contributed by atoms with Crippen LogP contribution in [-0.2, 0) is 14.8 Å². The van der Waals surface area contributed by atoms with E-state index >= 15 is 0 Å². The van der Waals surface area contributed by atoms with Crippen LogP contribution in [-0.4, -0.2) is 32.0 Å². The number of hydrogen-bond acceptors (Lipinski definition) is 5. The molecule has 0 bridgehead atoms. The zero-order chi connectivity index (χ0) is 23.3. The van der Waals surface area contributed by atoms with Gasteiger partial charge in [0.1, 0.15) is 6.54 Å². The number of hydrogen-bond donors (Lipinski definition) is 1. The van der Waals surface area contributed by atoms with Crippen LogP contribution in [0.15, 0.2) is 78.9 Å². The molecule has 3 aromatic rings. The fourth-order valence-electron chi connectivity index (χ4n) is 3.40. The quantitative estimate of drug-likeness (QED) is 0.414. The Kier molecular flexibility index (Phi) is 6.89. The lowest BCUT2D eigenvalue weighted by Crippen LogP contribution is -2.42. The molecule has 0 aliphatic rings. The Balaban J connectivity index is 1.92. The zero-order valence-corrected chi connectivity index (χ0v) is 18.5. The van der Waals surface area contributed by atoms with Crippen LogP contribution in [0.1, 0.15) is 22.7 Å². The Morgan fingerprint density at radius 2 is 1.69 bits per heavy atom. The van der Waals surface area contributed by atoms with Gasteiger partial charge in [-0.2, -0.15) is 0 Å². The molecule has 1 amide bonds. The molecule has 3 rings (SSSR count). The maximum Gasteiger partial charge on any atom is 0.271 e. The summed E-state index contributed by atoms with van der Waals surface area (Å²) in [6.45, 7) is 1.42. The normalized spacial score (nSPS) is 12.1. The Hall–Kier alpha value is -3.72. The van der Waals surface area contributed by atoms with Crippen molar-refractivity contribution in [1.82, 2.24) is 5.32 Å². The van der Waals surface area contributed by atoms with E-state index in [2.05, 4.69) is 5.32 Å². The summed E-state index contributed by atoms with van der Waals surface area (Å²) in [7, 11) is -3.88. The smallest absolute Gasteiger partial charge is 0.271 e. The lowest BCUT2D eigenvalue weighted by Gasteiger charge is -2.25. The summed E-state index contributed by atoms with van der Waals surface area (Å²) in [6, 6.07) is 21.7. The first-order chi connectivity index (χ1) is 15.2. The minimum absolute atomic E-state index is 0.0454. The summed E-state index contributed by atoms with van der Waals surface area (Å²) in [5.41, 5.74) is 2.48. The topological polar surface area (TPSA) is 110 Å². The van der Waals surface area contributed by atoms with E-state index in [1.165, 1.54) is 18.2 Å². The second kappa shape index (κ2) is 9.61. The van der Waals surface area contributed by atoms with Crippen molar-refractivity contribution in [2.45, 2.75) is 13.0 Å². The number of carbonyl (C=O) groups excluding carboxylic acids is 1. The van der Waals surface area contributed by atoms with Crippen LogP contribution in [0, 0.1) is 17.0 Å². The molecule has 0 aliphatic heterocycles.